The lowest BCUT2D eigenvalue weighted by Gasteiger charge is -2.60. The molecule has 34 heavy (non-hydrogen) atoms. The van der Waals surface area contributed by atoms with E-state index in [0.29, 0.717) is 45.7 Å². The van der Waals surface area contributed by atoms with Crippen LogP contribution in [0.15, 0.2) is 48.5 Å². The summed E-state index contributed by atoms with van der Waals surface area (Å²) in [5.74, 6) is 0.624. The summed E-state index contributed by atoms with van der Waals surface area (Å²) in [6.07, 6.45) is 0.555. The fourth-order valence-corrected chi connectivity index (χ4v) is 7.17. The van der Waals surface area contributed by atoms with E-state index < -0.39 is 12.0 Å². The average molecular weight is 489 g/mol. The zero-order valence-electron chi connectivity index (χ0n) is 18.3. The van der Waals surface area contributed by atoms with Gasteiger partial charge >= 0.3 is 6.36 Å². The smallest absolute Gasteiger partial charge is 0.406 e. The number of anilines is 1. The molecule has 2 N–H and O–H groups in total. The van der Waals surface area contributed by atoms with Crippen molar-refractivity contribution in [2.75, 3.05) is 5.32 Å². The van der Waals surface area contributed by atoms with E-state index in [4.69, 9.17) is 16.6 Å². The molecule has 2 atom stereocenters. The van der Waals surface area contributed by atoms with Gasteiger partial charge in [0.05, 0.1) is 21.8 Å². The summed E-state index contributed by atoms with van der Waals surface area (Å²) in [4.78, 5) is 4.69. The topological polar surface area (TPSA) is 54.4 Å². The Labute approximate surface area is 200 Å². The highest BCUT2D eigenvalue weighted by molar-refractivity contribution is 6.35. The normalized spacial score (nSPS) is 30.0. The Hall–Kier alpha value is -2.51. The summed E-state index contributed by atoms with van der Waals surface area (Å²) in [7, 11) is 0. The van der Waals surface area contributed by atoms with Crippen molar-refractivity contribution in [3.63, 3.8) is 0 Å². The zero-order valence-corrected chi connectivity index (χ0v) is 19.1. The minimum absolute atomic E-state index is 0.283. The molecule has 178 valence electrons. The molecule has 0 saturated heterocycles. The SMILES string of the molecule is OC12CC3CC(C1)CC(Nc1ccc(OC(F)(F)F)cc1-c1ccc4cccc(Cl)c4n1)(C3)C2. The molecule has 4 aliphatic rings. The number of fused-ring (bicyclic) bond motifs is 1. The molecule has 0 radical (unpaired) electrons. The van der Waals surface area contributed by atoms with Crippen molar-refractivity contribution >= 4 is 28.2 Å². The Morgan fingerprint density at radius 3 is 2.50 bits per heavy atom. The first-order chi connectivity index (χ1) is 16.1. The van der Waals surface area contributed by atoms with E-state index in [9.17, 15) is 18.3 Å². The van der Waals surface area contributed by atoms with Gasteiger partial charge in [-0.1, -0.05) is 29.8 Å². The van der Waals surface area contributed by atoms with Crippen LogP contribution in [0.3, 0.4) is 0 Å². The Balaban J connectivity index is 1.43. The Morgan fingerprint density at radius 2 is 1.79 bits per heavy atom. The molecule has 1 heterocycles. The highest BCUT2D eigenvalue weighted by Crippen LogP contribution is 2.58. The summed E-state index contributed by atoms with van der Waals surface area (Å²) in [5, 5.41) is 16.1. The van der Waals surface area contributed by atoms with Crippen LogP contribution >= 0.6 is 11.6 Å². The largest absolute Gasteiger partial charge is 0.573 e. The van der Waals surface area contributed by atoms with Crippen molar-refractivity contribution in [1.82, 2.24) is 4.98 Å². The van der Waals surface area contributed by atoms with Crippen LogP contribution in [0.25, 0.3) is 22.2 Å². The van der Waals surface area contributed by atoms with Crippen LogP contribution in [0.5, 0.6) is 5.75 Å². The van der Waals surface area contributed by atoms with Crippen molar-refractivity contribution in [2.24, 2.45) is 11.8 Å². The van der Waals surface area contributed by atoms with Crippen LogP contribution in [0.2, 0.25) is 5.02 Å². The highest BCUT2D eigenvalue weighted by atomic mass is 35.5. The van der Waals surface area contributed by atoms with Gasteiger partial charge in [0, 0.05) is 22.2 Å². The van der Waals surface area contributed by atoms with E-state index in [1.807, 2.05) is 18.2 Å². The van der Waals surface area contributed by atoms with Crippen molar-refractivity contribution in [1.29, 1.82) is 0 Å². The predicted molar refractivity (Wildman–Crippen MR) is 125 cm³/mol. The molecular weight excluding hydrogens is 465 g/mol. The van der Waals surface area contributed by atoms with Gasteiger partial charge in [-0.05, 0) is 80.7 Å². The number of benzene rings is 2. The minimum Gasteiger partial charge on any atom is -0.406 e. The number of ether oxygens (including phenoxy) is 1. The monoisotopic (exact) mass is 488 g/mol. The van der Waals surface area contributed by atoms with Crippen LogP contribution in [0, 0.1) is 11.8 Å². The highest BCUT2D eigenvalue weighted by Gasteiger charge is 2.57. The second kappa shape index (κ2) is 7.49. The fraction of sp³-hybridized carbons (Fsp3) is 0.423. The molecule has 2 unspecified atom stereocenters. The number of aromatic nitrogens is 1. The Bertz CT molecular complexity index is 1260. The Kier molecular flexibility index (Phi) is 4.84. The van der Waals surface area contributed by atoms with Crippen LogP contribution in [-0.2, 0) is 0 Å². The van der Waals surface area contributed by atoms with Gasteiger partial charge in [0.25, 0.3) is 0 Å². The molecule has 1 aromatic heterocycles. The number of halogens is 4. The summed E-state index contributed by atoms with van der Waals surface area (Å²) in [6.45, 7) is 0. The lowest BCUT2D eigenvalue weighted by Crippen LogP contribution is -2.62. The maximum Gasteiger partial charge on any atom is 0.573 e. The van der Waals surface area contributed by atoms with Gasteiger partial charge in [-0.3, -0.25) is 0 Å². The molecule has 4 nitrogen and oxygen atoms in total. The maximum atomic E-state index is 13.0. The molecular formula is C26H24ClF3N2O2. The number of rotatable bonds is 4. The molecule has 4 aliphatic carbocycles. The van der Waals surface area contributed by atoms with E-state index >= 15 is 0 Å². The van der Waals surface area contributed by atoms with Crippen LogP contribution in [-0.4, -0.2) is 27.6 Å². The van der Waals surface area contributed by atoms with E-state index in [-0.39, 0.29) is 11.3 Å². The molecule has 0 amide bonds. The van der Waals surface area contributed by atoms with E-state index in [0.717, 1.165) is 37.5 Å². The number of aliphatic hydroxyl groups is 1. The lowest BCUT2D eigenvalue weighted by atomic mass is 9.51. The summed E-state index contributed by atoms with van der Waals surface area (Å²) in [5.41, 5.74) is 1.32. The van der Waals surface area contributed by atoms with Gasteiger partial charge in [-0.2, -0.15) is 0 Å². The van der Waals surface area contributed by atoms with Gasteiger partial charge in [0.2, 0.25) is 0 Å². The first kappa shape index (κ1) is 22.0. The third-order valence-electron chi connectivity index (χ3n) is 7.60. The summed E-state index contributed by atoms with van der Waals surface area (Å²) < 4.78 is 43.1. The molecule has 4 fully saturated rings. The second-order valence-electron chi connectivity index (χ2n) is 10.4. The predicted octanol–water partition coefficient (Wildman–Crippen LogP) is 6.95. The summed E-state index contributed by atoms with van der Waals surface area (Å²) >= 11 is 6.36. The number of hydrogen-bond acceptors (Lipinski definition) is 4. The molecule has 0 spiro atoms. The van der Waals surface area contributed by atoms with Crippen LogP contribution in [0.1, 0.15) is 38.5 Å². The number of alkyl halides is 3. The van der Waals surface area contributed by atoms with Gasteiger partial charge in [-0.25, -0.2) is 4.98 Å². The fourth-order valence-electron chi connectivity index (χ4n) is 6.95. The van der Waals surface area contributed by atoms with Crippen molar-refractivity contribution in [2.45, 2.75) is 56.0 Å². The van der Waals surface area contributed by atoms with E-state index in [2.05, 4.69) is 10.1 Å². The molecule has 4 saturated carbocycles. The molecule has 2 aromatic carbocycles. The van der Waals surface area contributed by atoms with Crippen molar-refractivity contribution < 1.29 is 23.0 Å². The van der Waals surface area contributed by atoms with Gasteiger partial charge in [-0.15, -0.1) is 13.2 Å². The summed E-state index contributed by atoms with van der Waals surface area (Å²) in [6, 6.07) is 13.4. The molecule has 7 rings (SSSR count). The van der Waals surface area contributed by atoms with Gasteiger partial charge in [0.15, 0.2) is 0 Å². The standard InChI is InChI=1S/C26H24ClF3N2O2/c27-20-3-1-2-17-4-6-21(31-23(17)20)19-9-18(34-26(28,29)30)5-7-22(19)32-24-10-15-8-16(11-24)13-25(33,12-15)14-24/h1-7,9,15-16,32-33H,8,10-14H2. The van der Waals surface area contributed by atoms with E-state index in [1.165, 1.54) is 12.1 Å². The molecule has 4 bridgehead atoms. The molecule has 0 aliphatic heterocycles. The number of para-hydroxylation sites is 1. The first-order valence-electron chi connectivity index (χ1n) is 11.5. The second-order valence-corrected chi connectivity index (χ2v) is 10.8. The first-order valence-corrected chi connectivity index (χ1v) is 11.9. The molecule has 8 heteroatoms. The number of nitrogens with one attached hydrogen (secondary N) is 1. The van der Waals surface area contributed by atoms with Crippen molar-refractivity contribution in [3.8, 4) is 17.0 Å². The minimum atomic E-state index is -4.80. The Morgan fingerprint density at radius 1 is 1.03 bits per heavy atom. The van der Waals surface area contributed by atoms with Gasteiger partial charge < -0.3 is 15.2 Å². The average Bonchev–Trinajstić information content (AvgIpc) is 2.72. The van der Waals surface area contributed by atoms with Crippen molar-refractivity contribution in [3.05, 3.63) is 53.6 Å². The third kappa shape index (κ3) is 3.99. The number of nitrogens with zero attached hydrogens (tertiary/aromatic N) is 1. The number of hydrogen-bond donors (Lipinski definition) is 2. The van der Waals surface area contributed by atoms with Gasteiger partial charge in [0.1, 0.15) is 5.75 Å². The van der Waals surface area contributed by atoms with Crippen LogP contribution < -0.4 is 10.1 Å². The van der Waals surface area contributed by atoms with Crippen LogP contribution in [0.4, 0.5) is 18.9 Å². The van der Waals surface area contributed by atoms with E-state index in [1.54, 1.807) is 18.2 Å². The molecule has 3 aromatic rings. The third-order valence-corrected chi connectivity index (χ3v) is 7.91. The zero-order chi connectivity index (χ0) is 23.7. The maximum absolute atomic E-state index is 13.0. The number of pyridine rings is 1. The quantitative estimate of drug-likeness (QED) is 0.417. The lowest BCUT2D eigenvalue weighted by molar-refractivity contribution is -0.274.